The SMILES string of the molecule is COc1cccc(N2CC(C(N)=O)CC2=O)c1Br. The van der Waals surface area contributed by atoms with Crippen molar-refractivity contribution in [1.29, 1.82) is 0 Å². The molecule has 2 amide bonds. The maximum atomic E-state index is 11.9. The van der Waals surface area contributed by atoms with Crippen LogP contribution in [0.15, 0.2) is 22.7 Å². The van der Waals surface area contributed by atoms with Crippen LogP contribution in [0.25, 0.3) is 0 Å². The summed E-state index contributed by atoms with van der Waals surface area (Å²) >= 11 is 3.40. The van der Waals surface area contributed by atoms with Crippen LogP contribution in [0.1, 0.15) is 6.42 Å². The molecule has 0 bridgehead atoms. The first kappa shape index (κ1) is 12.9. The summed E-state index contributed by atoms with van der Waals surface area (Å²) in [5.74, 6) is -0.323. The Labute approximate surface area is 113 Å². The monoisotopic (exact) mass is 312 g/mol. The molecule has 0 saturated carbocycles. The van der Waals surface area contributed by atoms with Crippen molar-refractivity contribution in [2.24, 2.45) is 11.7 Å². The van der Waals surface area contributed by atoms with E-state index < -0.39 is 11.8 Å². The minimum absolute atomic E-state index is 0.104. The molecule has 1 unspecified atom stereocenters. The molecule has 0 radical (unpaired) electrons. The number of rotatable bonds is 3. The molecule has 2 N–H and O–H groups in total. The third-order valence-electron chi connectivity index (χ3n) is 2.98. The Morgan fingerprint density at radius 2 is 2.28 bits per heavy atom. The highest BCUT2D eigenvalue weighted by Gasteiger charge is 2.35. The number of halogens is 1. The van der Waals surface area contributed by atoms with Gasteiger partial charge in [0.05, 0.1) is 23.2 Å². The lowest BCUT2D eigenvalue weighted by atomic mass is 10.1. The topological polar surface area (TPSA) is 72.6 Å². The lowest BCUT2D eigenvalue weighted by Gasteiger charge is -2.19. The van der Waals surface area contributed by atoms with Crippen molar-refractivity contribution in [3.63, 3.8) is 0 Å². The van der Waals surface area contributed by atoms with Gasteiger partial charge in [0.1, 0.15) is 5.75 Å². The van der Waals surface area contributed by atoms with Gasteiger partial charge in [-0.1, -0.05) is 6.07 Å². The van der Waals surface area contributed by atoms with E-state index in [1.54, 1.807) is 30.2 Å². The summed E-state index contributed by atoms with van der Waals surface area (Å²) in [5.41, 5.74) is 5.94. The van der Waals surface area contributed by atoms with Gasteiger partial charge in [-0.25, -0.2) is 0 Å². The number of nitrogens with two attached hydrogens (primary N) is 1. The summed E-state index contributed by atoms with van der Waals surface area (Å²) in [6.45, 7) is 0.319. The van der Waals surface area contributed by atoms with E-state index in [9.17, 15) is 9.59 Å². The number of amides is 2. The van der Waals surface area contributed by atoms with Crippen LogP contribution >= 0.6 is 15.9 Å². The van der Waals surface area contributed by atoms with Crippen molar-refractivity contribution >= 4 is 33.4 Å². The normalized spacial score (nSPS) is 19.1. The molecule has 1 aliphatic rings. The van der Waals surface area contributed by atoms with E-state index in [1.807, 2.05) is 0 Å². The first-order valence-corrected chi connectivity index (χ1v) is 6.26. The average Bonchev–Trinajstić information content (AvgIpc) is 2.72. The first-order chi connectivity index (χ1) is 8.54. The van der Waals surface area contributed by atoms with Gasteiger partial charge in [-0.15, -0.1) is 0 Å². The molecule has 96 valence electrons. The zero-order valence-electron chi connectivity index (χ0n) is 9.85. The van der Waals surface area contributed by atoms with Crippen molar-refractivity contribution < 1.29 is 14.3 Å². The van der Waals surface area contributed by atoms with Crippen LogP contribution in [0.2, 0.25) is 0 Å². The van der Waals surface area contributed by atoms with Crippen molar-refractivity contribution in [3.8, 4) is 5.75 Å². The Morgan fingerprint density at radius 1 is 1.56 bits per heavy atom. The zero-order chi connectivity index (χ0) is 13.3. The van der Waals surface area contributed by atoms with Gasteiger partial charge in [-0.2, -0.15) is 0 Å². The van der Waals surface area contributed by atoms with Gasteiger partial charge < -0.3 is 15.4 Å². The predicted molar refractivity (Wildman–Crippen MR) is 70.3 cm³/mol. The minimum Gasteiger partial charge on any atom is -0.495 e. The molecule has 0 aliphatic carbocycles. The average molecular weight is 313 g/mol. The summed E-state index contributed by atoms with van der Waals surface area (Å²) in [6.07, 6.45) is 0.166. The van der Waals surface area contributed by atoms with Gasteiger partial charge in [-0.05, 0) is 28.1 Å². The fourth-order valence-electron chi connectivity index (χ4n) is 2.00. The van der Waals surface area contributed by atoms with Crippen LogP contribution in [0.3, 0.4) is 0 Å². The molecule has 1 aromatic carbocycles. The molecule has 2 rings (SSSR count). The van der Waals surface area contributed by atoms with Gasteiger partial charge in [-0.3, -0.25) is 9.59 Å². The van der Waals surface area contributed by atoms with Crippen molar-refractivity contribution in [2.45, 2.75) is 6.42 Å². The van der Waals surface area contributed by atoms with E-state index in [0.29, 0.717) is 22.5 Å². The largest absolute Gasteiger partial charge is 0.495 e. The van der Waals surface area contributed by atoms with Gasteiger partial charge >= 0.3 is 0 Å². The predicted octanol–water partition coefficient (Wildman–Crippen LogP) is 1.30. The number of nitrogens with zero attached hydrogens (tertiary/aromatic N) is 1. The first-order valence-electron chi connectivity index (χ1n) is 5.46. The van der Waals surface area contributed by atoms with Crippen LogP contribution in [0, 0.1) is 5.92 Å². The van der Waals surface area contributed by atoms with Crippen LogP contribution in [-0.2, 0) is 9.59 Å². The second-order valence-electron chi connectivity index (χ2n) is 4.10. The van der Waals surface area contributed by atoms with Gasteiger partial charge in [0.25, 0.3) is 0 Å². The van der Waals surface area contributed by atoms with E-state index in [-0.39, 0.29) is 12.3 Å². The minimum atomic E-state index is -0.440. The van der Waals surface area contributed by atoms with Crippen LogP contribution in [-0.4, -0.2) is 25.5 Å². The Balaban J connectivity index is 2.33. The van der Waals surface area contributed by atoms with Crippen molar-refractivity contribution in [1.82, 2.24) is 0 Å². The maximum absolute atomic E-state index is 11.9. The van der Waals surface area contributed by atoms with Crippen LogP contribution < -0.4 is 15.4 Å². The number of hydrogen-bond acceptors (Lipinski definition) is 3. The molecule has 1 atom stereocenters. The number of anilines is 1. The van der Waals surface area contributed by atoms with E-state index in [1.165, 1.54) is 0 Å². The fraction of sp³-hybridized carbons (Fsp3) is 0.333. The molecule has 5 nitrogen and oxygen atoms in total. The Kier molecular flexibility index (Phi) is 3.56. The van der Waals surface area contributed by atoms with Crippen LogP contribution in [0.4, 0.5) is 5.69 Å². The number of benzene rings is 1. The molecular formula is C12H13BrN2O3. The number of ether oxygens (including phenoxy) is 1. The fourth-order valence-corrected chi connectivity index (χ4v) is 2.64. The van der Waals surface area contributed by atoms with Gasteiger partial charge in [0, 0.05) is 13.0 Å². The molecule has 0 aromatic heterocycles. The van der Waals surface area contributed by atoms with E-state index in [0.717, 1.165) is 0 Å². The number of carbonyl (C=O) groups excluding carboxylic acids is 2. The second-order valence-corrected chi connectivity index (χ2v) is 4.89. The summed E-state index contributed by atoms with van der Waals surface area (Å²) < 4.78 is 5.88. The quantitative estimate of drug-likeness (QED) is 0.914. The number of hydrogen-bond donors (Lipinski definition) is 1. The molecule has 1 saturated heterocycles. The van der Waals surface area contributed by atoms with Crippen molar-refractivity contribution in [2.75, 3.05) is 18.6 Å². The highest BCUT2D eigenvalue weighted by Crippen LogP contribution is 2.37. The lowest BCUT2D eigenvalue weighted by Crippen LogP contribution is -2.28. The zero-order valence-corrected chi connectivity index (χ0v) is 11.4. The van der Waals surface area contributed by atoms with Gasteiger partial charge in [0.2, 0.25) is 11.8 Å². The summed E-state index contributed by atoms with van der Waals surface area (Å²) in [5, 5.41) is 0. The van der Waals surface area contributed by atoms with Gasteiger partial charge in [0.15, 0.2) is 0 Å². The number of carbonyl (C=O) groups is 2. The molecule has 1 aromatic rings. The third kappa shape index (κ3) is 2.20. The summed E-state index contributed by atoms with van der Waals surface area (Å²) in [4.78, 5) is 24.6. The summed E-state index contributed by atoms with van der Waals surface area (Å²) in [6, 6.07) is 5.39. The van der Waals surface area contributed by atoms with E-state index >= 15 is 0 Å². The van der Waals surface area contributed by atoms with Crippen LogP contribution in [0.5, 0.6) is 5.75 Å². The highest BCUT2D eigenvalue weighted by molar-refractivity contribution is 9.10. The molecule has 1 fully saturated rings. The molecule has 0 spiro atoms. The van der Waals surface area contributed by atoms with E-state index in [2.05, 4.69) is 15.9 Å². The standard InChI is InChI=1S/C12H13BrN2O3/c1-18-9-4-2-3-8(11(9)13)15-6-7(12(14)17)5-10(15)16/h2-4,7H,5-6H2,1H3,(H2,14,17). The Morgan fingerprint density at radius 3 is 2.83 bits per heavy atom. The molecule has 6 heteroatoms. The van der Waals surface area contributed by atoms with E-state index in [4.69, 9.17) is 10.5 Å². The maximum Gasteiger partial charge on any atom is 0.227 e. The lowest BCUT2D eigenvalue weighted by molar-refractivity contribution is -0.123. The number of methoxy groups -OCH3 is 1. The Hall–Kier alpha value is -1.56. The third-order valence-corrected chi connectivity index (χ3v) is 3.78. The molecular weight excluding hydrogens is 300 g/mol. The molecule has 18 heavy (non-hydrogen) atoms. The van der Waals surface area contributed by atoms with Crippen molar-refractivity contribution in [3.05, 3.63) is 22.7 Å². The summed E-state index contributed by atoms with van der Waals surface area (Å²) in [7, 11) is 1.56. The molecule has 1 aliphatic heterocycles. The number of primary amides is 1. The highest BCUT2D eigenvalue weighted by atomic mass is 79.9. The Bertz CT molecular complexity index is 504. The molecule has 1 heterocycles. The smallest absolute Gasteiger partial charge is 0.227 e. The second kappa shape index (κ2) is 4.97.